The van der Waals surface area contributed by atoms with Crippen LogP contribution in [-0.4, -0.2) is 34.4 Å². The van der Waals surface area contributed by atoms with Gasteiger partial charge in [0, 0.05) is 36.1 Å². The summed E-state index contributed by atoms with van der Waals surface area (Å²) in [5, 5.41) is 4.01. The number of aromatic nitrogens is 1. The average molecular weight is 444 g/mol. The van der Waals surface area contributed by atoms with Gasteiger partial charge in [0.05, 0.1) is 5.56 Å². The molecule has 0 bridgehead atoms. The summed E-state index contributed by atoms with van der Waals surface area (Å²) in [7, 11) is 0. The van der Waals surface area contributed by atoms with E-state index in [1.807, 2.05) is 30.0 Å². The zero-order valence-electron chi connectivity index (χ0n) is 18.1. The third kappa shape index (κ3) is 4.99. The summed E-state index contributed by atoms with van der Waals surface area (Å²) in [5.41, 5.74) is 1.38. The summed E-state index contributed by atoms with van der Waals surface area (Å²) in [6.07, 6.45) is -0.508. The number of H-pyrrole nitrogens is 1. The molecule has 0 spiro atoms. The van der Waals surface area contributed by atoms with Gasteiger partial charge >= 0.3 is 6.18 Å². The molecule has 4 rings (SSSR count). The molecular formula is C25H28F3N3O. The van der Waals surface area contributed by atoms with Crippen LogP contribution >= 0.6 is 0 Å². The molecule has 170 valence electrons. The van der Waals surface area contributed by atoms with Gasteiger partial charge in [0.25, 0.3) is 5.91 Å². The summed E-state index contributed by atoms with van der Waals surface area (Å²) in [5.74, 6) is -0.161. The van der Waals surface area contributed by atoms with E-state index in [1.165, 1.54) is 17.7 Å². The third-order valence-corrected chi connectivity index (χ3v) is 6.31. The van der Waals surface area contributed by atoms with Gasteiger partial charge < -0.3 is 15.2 Å². The molecule has 1 aliphatic rings. The number of benzene rings is 2. The van der Waals surface area contributed by atoms with Gasteiger partial charge in [-0.2, -0.15) is 13.2 Å². The van der Waals surface area contributed by atoms with Crippen molar-refractivity contribution in [2.75, 3.05) is 6.54 Å². The Morgan fingerprint density at radius 2 is 1.91 bits per heavy atom. The number of hydrogen-bond acceptors (Lipinski definition) is 2. The van der Waals surface area contributed by atoms with E-state index < -0.39 is 11.7 Å². The quantitative estimate of drug-likeness (QED) is 0.510. The molecule has 2 unspecified atom stereocenters. The fraction of sp³-hybridized carbons (Fsp3) is 0.400. The second-order valence-electron chi connectivity index (χ2n) is 8.46. The summed E-state index contributed by atoms with van der Waals surface area (Å²) >= 11 is 0. The maximum Gasteiger partial charge on any atom is 0.416 e. The standard InChI is InChI=1S/C25H28F3N3O/c1-2-31(21-10-6-9-20(15-21)29-16-17-7-4-3-5-8-17)24(32)23-14-18-13-19(25(26,27)28)11-12-22(18)30-23/h3-5,7-8,11-14,20-21,29-30H,2,6,9-10,15-16H2,1H3. The molecule has 0 radical (unpaired) electrons. The van der Waals surface area contributed by atoms with E-state index >= 15 is 0 Å². The second-order valence-corrected chi connectivity index (χ2v) is 8.46. The van der Waals surface area contributed by atoms with Gasteiger partial charge in [0.15, 0.2) is 0 Å². The molecule has 1 heterocycles. The molecule has 1 aromatic heterocycles. The largest absolute Gasteiger partial charge is 0.416 e. The van der Waals surface area contributed by atoms with Crippen LogP contribution in [0.3, 0.4) is 0 Å². The number of amides is 1. The summed E-state index contributed by atoms with van der Waals surface area (Å²) in [4.78, 5) is 18.1. The zero-order chi connectivity index (χ0) is 22.7. The topological polar surface area (TPSA) is 48.1 Å². The highest BCUT2D eigenvalue weighted by molar-refractivity contribution is 5.98. The van der Waals surface area contributed by atoms with E-state index in [1.54, 1.807) is 0 Å². The van der Waals surface area contributed by atoms with Crippen LogP contribution in [0.5, 0.6) is 0 Å². The first-order valence-corrected chi connectivity index (χ1v) is 11.1. The van der Waals surface area contributed by atoms with Crippen LogP contribution in [0.15, 0.2) is 54.6 Å². The predicted molar refractivity (Wildman–Crippen MR) is 119 cm³/mol. The SMILES string of the molecule is CCN(C(=O)c1cc2cc(C(F)(F)F)ccc2[nH]1)C1CCCC(NCc2ccccc2)C1. The molecule has 1 amide bonds. The minimum absolute atomic E-state index is 0.103. The summed E-state index contributed by atoms with van der Waals surface area (Å²) in [6, 6.07) is 15.7. The van der Waals surface area contributed by atoms with Crippen molar-refractivity contribution in [3.8, 4) is 0 Å². The minimum atomic E-state index is -4.41. The van der Waals surface area contributed by atoms with Gasteiger partial charge in [-0.1, -0.05) is 30.3 Å². The number of nitrogens with one attached hydrogen (secondary N) is 2. The first-order chi connectivity index (χ1) is 15.3. The molecule has 2 atom stereocenters. The molecule has 1 aliphatic carbocycles. The Labute approximate surface area is 185 Å². The van der Waals surface area contributed by atoms with Crippen LogP contribution in [0.1, 0.15) is 54.2 Å². The zero-order valence-corrected chi connectivity index (χ0v) is 18.1. The van der Waals surface area contributed by atoms with E-state index in [2.05, 4.69) is 22.4 Å². The Bertz CT molecular complexity index is 1060. The van der Waals surface area contributed by atoms with Crippen molar-refractivity contribution in [2.24, 2.45) is 0 Å². The van der Waals surface area contributed by atoms with Gasteiger partial charge in [-0.15, -0.1) is 0 Å². The van der Waals surface area contributed by atoms with E-state index in [0.717, 1.165) is 44.4 Å². The van der Waals surface area contributed by atoms with Crippen molar-refractivity contribution in [3.05, 3.63) is 71.4 Å². The van der Waals surface area contributed by atoms with Crippen LogP contribution in [0.2, 0.25) is 0 Å². The van der Waals surface area contributed by atoms with Gasteiger partial charge in [-0.25, -0.2) is 0 Å². The fourth-order valence-corrected chi connectivity index (χ4v) is 4.64. The number of alkyl halides is 3. The van der Waals surface area contributed by atoms with E-state index in [9.17, 15) is 18.0 Å². The highest BCUT2D eigenvalue weighted by Crippen LogP contribution is 2.32. The number of carbonyl (C=O) groups is 1. The normalized spacial score (nSPS) is 19.2. The molecule has 1 fully saturated rings. The Morgan fingerprint density at radius 1 is 1.12 bits per heavy atom. The van der Waals surface area contributed by atoms with Crippen molar-refractivity contribution in [3.63, 3.8) is 0 Å². The maximum absolute atomic E-state index is 13.3. The van der Waals surface area contributed by atoms with Crippen LogP contribution in [0.25, 0.3) is 10.9 Å². The monoisotopic (exact) mass is 443 g/mol. The number of hydrogen-bond donors (Lipinski definition) is 2. The van der Waals surface area contributed by atoms with Gasteiger partial charge in [0.2, 0.25) is 0 Å². The van der Waals surface area contributed by atoms with Crippen molar-refractivity contribution in [2.45, 2.75) is 57.4 Å². The molecule has 2 aromatic carbocycles. The minimum Gasteiger partial charge on any atom is -0.351 e. The lowest BCUT2D eigenvalue weighted by atomic mass is 9.89. The highest BCUT2D eigenvalue weighted by atomic mass is 19.4. The molecule has 32 heavy (non-hydrogen) atoms. The van der Waals surface area contributed by atoms with Crippen molar-refractivity contribution in [1.29, 1.82) is 0 Å². The third-order valence-electron chi connectivity index (χ3n) is 6.31. The molecular weight excluding hydrogens is 415 g/mol. The lowest BCUT2D eigenvalue weighted by molar-refractivity contribution is -0.137. The summed E-state index contributed by atoms with van der Waals surface area (Å²) in [6.45, 7) is 3.29. The smallest absolute Gasteiger partial charge is 0.351 e. The van der Waals surface area contributed by atoms with E-state index in [-0.39, 0.29) is 11.9 Å². The fourth-order valence-electron chi connectivity index (χ4n) is 4.64. The number of fused-ring (bicyclic) bond motifs is 1. The van der Waals surface area contributed by atoms with Gasteiger partial charge in [-0.3, -0.25) is 4.79 Å². The summed E-state index contributed by atoms with van der Waals surface area (Å²) < 4.78 is 39.1. The number of halogens is 3. The second kappa shape index (κ2) is 9.36. The van der Waals surface area contributed by atoms with Crippen molar-refractivity contribution >= 4 is 16.8 Å². The highest BCUT2D eigenvalue weighted by Gasteiger charge is 2.32. The van der Waals surface area contributed by atoms with Gasteiger partial charge in [0.1, 0.15) is 5.69 Å². The maximum atomic E-state index is 13.3. The molecule has 0 aliphatic heterocycles. The van der Waals surface area contributed by atoms with E-state index in [0.29, 0.717) is 29.2 Å². The number of aromatic amines is 1. The Balaban J connectivity index is 1.46. The first-order valence-electron chi connectivity index (χ1n) is 11.1. The van der Waals surface area contributed by atoms with Gasteiger partial charge in [-0.05, 0) is 62.4 Å². The van der Waals surface area contributed by atoms with Crippen LogP contribution in [-0.2, 0) is 12.7 Å². The van der Waals surface area contributed by atoms with Crippen LogP contribution < -0.4 is 5.32 Å². The number of carbonyl (C=O) groups excluding carboxylic acids is 1. The van der Waals surface area contributed by atoms with Crippen molar-refractivity contribution < 1.29 is 18.0 Å². The Morgan fingerprint density at radius 3 is 2.62 bits per heavy atom. The molecule has 7 heteroatoms. The van der Waals surface area contributed by atoms with E-state index in [4.69, 9.17) is 0 Å². The number of nitrogens with zero attached hydrogens (tertiary/aromatic N) is 1. The first kappa shape index (κ1) is 22.4. The number of rotatable bonds is 6. The lowest BCUT2D eigenvalue weighted by Gasteiger charge is -2.37. The van der Waals surface area contributed by atoms with Crippen molar-refractivity contribution in [1.82, 2.24) is 15.2 Å². The molecule has 3 aromatic rings. The lowest BCUT2D eigenvalue weighted by Crippen LogP contribution is -2.46. The molecule has 2 N–H and O–H groups in total. The predicted octanol–water partition coefficient (Wildman–Crippen LogP) is 5.75. The molecule has 0 saturated heterocycles. The van der Waals surface area contributed by atoms with Crippen LogP contribution in [0.4, 0.5) is 13.2 Å². The van der Waals surface area contributed by atoms with Crippen LogP contribution in [0, 0.1) is 0 Å². The molecule has 4 nitrogen and oxygen atoms in total. The average Bonchev–Trinajstić information content (AvgIpc) is 3.22. The Kier molecular flexibility index (Phi) is 6.55. The Hall–Kier alpha value is -2.80. The molecule has 1 saturated carbocycles.